The van der Waals surface area contributed by atoms with Crippen LogP contribution in [0.25, 0.3) is 10.1 Å². The van der Waals surface area contributed by atoms with Crippen LogP contribution in [0.2, 0.25) is 0 Å². The topological polar surface area (TPSA) is 20.2 Å². The maximum absolute atomic E-state index is 13.2. The Hall–Kier alpha value is -1.71. The first-order chi connectivity index (χ1) is 9.13. The third kappa shape index (κ3) is 2.39. The van der Waals surface area contributed by atoms with E-state index in [1.807, 2.05) is 37.3 Å². The quantitative estimate of drug-likeness (QED) is 0.731. The molecule has 1 heterocycles. The number of hydrogen-bond donors (Lipinski definition) is 1. The monoisotopic (exact) mass is 272 g/mol. The summed E-state index contributed by atoms with van der Waals surface area (Å²) in [7, 11) is 0. The molecule has 3 rings (SSSR count). The van der Waals surface area contributed by atoms with Crippen molar-refractivity contribution in [3.63, 3.8) is 0 Å². The molecule has 1 aromatic heterocycles. The van der Waals surface area contributed by atoms with Crippen LogP contribution in [-0.4, -0.2) is 5.11 Å². The van der Waals surface area contributed by atoms with Crippen LogP contribution in [0.5, 0.6) is 0 Å². The van der Waals surface area contributed by atoms with Crippen LogP contribution in [0.3, 0.4) is 0 Å². The van der Waals surface area contributed by atoms with Crippen LogP contribution >= 0.6 is 11.3 Å². The zero-order chi connectivity index (χ0) is 13.4. The highest BCUT2D eigenvalue weighted by molar-refractivity contribution is 7.19. The zero-order valence-electron chi connectivity index (χ0n) is 10.4. The molecule has 0 bridgehead atoms. The fraction of sp³-hybridized carbons (Fsp3) is 0.125. The second kappa shape index (κ2) is 4.76. The van der Waals surface area contributed by atoms with Crippen LogP contribution in [0.1, 0.15) is 22.1 Å². The summed E-state index contributed by atoms with van der Waals surface area (Å²) < 4.78 is 14.0. The van der Waals surface area contributed by atoms with E-state index in [-0.39, 0.29) is 5.82 Å². The zero-order valence-corrected chi connectivity index (χ0v) is 11.2. The molecule has 0 aliphatic carbocycles. The molecule has 1 N–H and O–H groups in total. The lowest BCUT2D eigenvalue weighted by molar-refractivity contribution is 0.224. The van der Waals surface area contributed by atoms with Crippen LogP contribution in [0.4, 0.5) is 4.39 Å². The summed E-state index contributed by atoms with van der Waals surface area (Å²) in [6, 6.07) is 14.4. The SMILES string of the molecule is Cc1ccc(C(O)c2cc3ccc(F)cc3s2)cc1. The Kier molecular flexibility index (Phi) is 3.09. The standard InChI is InChI=1S/C16H13FOS/c1-10-2-4-11(5-3-10)16(18)15-8-12-6-7-13(17)9-14(12)19-15/h2-9,16,18H,1H3. The number of hydrogen-bond acceptors (Lipinski definition) is 2. The first kappa shape index (κ1) is 12.3. The van der Waals surface area contributed by atoms with Crippen LogP contribution in [0.15, 0.2) is 48.5 Å². The fourth-order valence-electron chi connectivity index (χ4n) is 2.07. The molecule has 1 atom stereocenters. The van der Waals surface area contributed by atoms with E-state index >= 15 is 0 Å². The highest BCUT2D eigenvalue weighted by Gasteiger charge is 2.13. The summed E-state index contributed by atoms with van der Waals surface area (Å²) in [6.07, 6.45) is -0.652. The highest BCUT2D eigenvalue weighted by atomic mass is 32.1. The lowest BCUT2D eigenvalue weighted by Crippen LogP contribution is -1.96. The Morgan fingerprint density at radius 1 is 1.05 bits per heavy atom. The molecule has 0 radical (unpaired) electrons. The van der Waals surface area contributed by atoms with Gasteiger partial charge in [0.05, 0.1) is 0 Å². The van der Waals surface area contributed by atoms with Gasteiger partial charge in [0.15, 0.2) is 0 Å². The predicted octanol–water partition coefficient (Wildman–Crippen LogP) is 4.43. The number of aliphatic hydroxyl groups excluding tert-OH is 1. The molecule has 0 aliphatic rings. The number of aryl methyl sites for hydroxylation is 1. The average molecular weight is 272 g/mol. The summed E-state index contributed by atoms with van der Waals surface area (Å²) in [5.41, 5.74) is 2.02. The van der Waals surface area contributed by atoms with Gasteiger partial charge in [-0.05, 0) is 36.1 Å². The summed E-state index contributed by atoms with van der Waals surface area (Å²) in [6.45, 7) is 2.01. The van der Waals surface area contributed by atoms with Crippen LogP contribution in [-0.2, 0) is 0 Å². The van der Waals surface area contributed by atoms with Crippen molar-refractivity contribution < 1.29 is 9.50 Å². The van der Waals surface area contributed by atoms with Gasteiger partial charge in [-0.2, -0.15) is 0 Å². The average Bonchev–Trinajstić information content (AvgIpc) is 2.81. The largest absolute Gasteiger partial charge is 0.383 e. The first-order valence-corrected chi connectivity index (χ1v) is 6.89. The van der Waals surface area contributed by atoms with Crippen LogP contribution < -0.4 is 0 Å². The molecule has 19 heavy (non-hydrogen) atoms. The van der Waals surface area contributed by atoms with E-state index in [1.54, 1.807) is 6.07 Å². The van der Waals surface area contributed by atoms with Crippen molar-refractivity contribution in [3.8, 4) is 0 Å². The van der Waals surface area contributed by atoms with Crippen molar-refractivity contribution in [2.24, 2.45) is 0 Å². The van der Waals surface area contributed by atoms with E-state index in [9.17, 15) is 9.50 Å². The molecule has 0 amide bonds. The molecule has 1 nitrogen and oxygen atoms in total. The Morgan fingerprint density at radius 2 is 1.79 bits per heavy atom. The van der Waals surface area contributed by atoms with E-state index in [0.29, 0.717) is 0 Å². The molecule has 0 saturated heterocycles. The minimum absolute atomic E-state index is 0.245. The molecule has 3 aromatic rings. The predicted molar refractivity (Wildman–Crippen MR) is 77.0 cm³/mol. The summed E-state index contributed by atoms with van der Waals surface area (Å²) in [5, 5.41) is 11.3. The van der Waals surface area contributed by atoms with Crippen molar-refractivity contribution >= 4 is 21.4 Å². The lowest BCUT2D eigenvalue weighted by atomic mass is 10.1. The minimum Gasteiger partial charge on any atom is -0.383 e. The summed E-state index contributed by atoms with van der Waals surface area (Å²) in [5.74, 6) is -0.245. The molecule has 0 fully saturated rings. The van der Waals surface area contributed by atoms with Crippen molar-refractivity contribution in [3.05, 3.63) is 70.4 Å². The Labute approximate surface area is 115 Å². The maximum atomic E-state index is 13.2. The number of rotatable bonds is 2. The number of halogens is 1. The molecule has 96 valence electrons. The van der Waals surface area contributed by atoms with Gasteiger partial charge in [0, 0.05) is 9.58 Å². The first-order valence-electron chi connectivity index (χ1n) is 6.07. The Morgan fingerprint density at radius 3 is 2.53 bits per heavy atom. The van der Waals surface area contributed by atoms with E-state index in [4.69, 9.17) is 0 Å². The fourth-order valence-corrected chi connectivity index (χ4v) is 3.18. The highest BCUT2D eigenvalue weighted by Crippen LogP contribution is 2.33. The van der Waals surface area contributed by atoms with Gasteiger partial charge in [-0.3, -0.25) is 0 Å². The number of fused-ring (bicyclic) bond motifs is 1. The molecule has 0 aliphatic heterocycles. The Bertz CT molecular complexity index is 715. The van der Waals surface area contributed by atoms with Crippen molar-refractivity contribution in [2.45, 2.75) is 13.0 Å². The van der Waals surface area contributed by atoms with Crippen LogP contribution in [0, 0.1) is 12.7 Å². The normalized spacial score (nSPS) is 12.8. The van der Waals surface area contributed by atoms with Crippen molar-refractivity contribution in [2.75, 3.05) is 0 Å². The molecule has 2 aromatic carbocycles. The third-order valence-corrected chi connectivity index (χ3v) is 4.31. The lowest BCUT2D eigenvalue weighted by Gasteiger charge is -2.08. The van der Waals surface area contributed by atoms with Crippen molar-refractivity contribution in [1.29, 1.82) is 0 Å². The van der Waals surface area contributed by atoms with E-state index in [0.717, 1.165) is 26.1 Å². The molecule has 0 saturated carbocycles. The van der Waals surface area contributed by atoms with Crippen molar-refractivity contribution in [1.82, 2.24) is 0 Å². The number of thiophene rings is 1. The van der Waals surface area contributed by atoms with E-state index in [2.05, 4.69) is 0 Å². The van der Waals surface area contributed by atoms with E-state index < -0.39 is 6.10 Å². The van der Waals surface area contributed by atoms with Gasteiger partial charge in [-0.1, -0.05) is 35.9 Å². The second-order valence-corrected chi connectivity index (χ2v) is 5.76. The molecule has 1 unspecified atom stereocenters. The number of benzene rings is 2. The second-order valence-electron chi connectivity index (χ2n) is 4.64. The minimum atomic E-state index is -0.652. The number of aliphatic hydroxyl groups is 1. The van der Waals surface area contributed by atoms with Gasteiger partial charge in [-0.25, -0.2) is 4.39 Å². The molecular weight excluding hydrogens is 259 g/mol. The third-order valence-electron chi connectivity index (χ3n) is 3.16. The molecular formula is C16H13FOS. The summed E-state index contributed by atoms with van der Waals surface area (Å²) >= 11 is 1.43. The van der Waals surface area contributed by atoms with Gasteiger partial charge >= 0.3 is 0 Å². The molecule has 3 heteroatoms. The maximum Gasteiger partial charge on any atom is 0.124 e. The van der Waals surface area contributed by atoms with E-state index in [1.165, 1.54) is 23.5 Å². The summed E-state index contributed by atoms with van der Waals surface area (Å²) in [4.78, 5) is 0.837. The van der Waals surface area contributed by atoms with Gasteiger partial charge in [0.2, 0.25) is 0 Å². The Balaban J connectivity index is 2.01. The smallest absolute Gasteiger partial charge is 0.124 e. The van der Waals surface area contributed by atoms with Gasteiger partial charge < -0.3 is 5.11 Å². The van der Waals surface area contributed by atoms with Gasteiger partial charge in [-0.15, -0.1) is 11.3 Å². The van der Waals surface area contributed by atoms with Gasteiger partial charge in [0.1, 0.15) is 11.9 Å². The molecule has 0 spiro atoms. The van der Waals surface area contributed by atoms with Gasteiger partial charge in [0.25, 0.3) is 0 Å².